The highest BCUT2D eigenvalue weighted by molar-refractivity contribution is 6.32. The summed E-state index contributed by atoms with van der Waals surface area (Å²) < 4.78 is 1.64. The maximum Gasteiger partial charge on any atom is 0.270 e. The Balaban J connectivity index is 1.79. The summed E-state index contributed by atoms with van der Waals surface area (Å²) in [7, 11) is 1.71. The summed E-state index contributed by atoms with van der Waals surface area (Å²) in [6.45, 7) is 11.8. The van der Waals surface area contributed by atoms with Crippen LogP contribution in [0, 0.1) is 6.92 Å². The standard InChI is InChI=1S/C25H34ClN7O3/c1-7-21(35)33-11-18(19(34)12-33)31-24(36)22-13(2)30-20(32(22)6)10-29-23(28)14-8-15(25(3,4)5)16(26)9-17(14)27/h7-9,18-19,34H,1,10-12,27H2,2-6H3,(H2,28,29)(H,31,36)/t18-,19+/m0/s1. The molecule has 0 aliphatic carbocycles. The number of aliphatic hydroxyl groups excluding tert-OH is 1. The maximum absolute atomic E-state index is 13.0. The number of aliphatic hydroxyl groups is 1. The summed E-state index contributed by atoms with van der Waals surface area (Å²) >= 11 is 6.38. The zero-order chi connectivity index (χ0) is 26.9. The fourth-order valence-electron chi connectivity index (χ4n) is 4.25. The molecule has 10 nitrogen and oxygen atoms in total. The van der Waals surface area contributed by atoms with Gasteiger partial charge >= 0.3 is 0 Å². The van der Waals surface area contributed by atoms with E-state index in [1.165, 1.54) is 11.0 Å². The van der Waals surface area contributed by atoms with Crippen molar-refractivity contribution in [3.8, 4) is 0 Å². The second-order valence-electron chi connectivity index (χ2n) is 9.99. The maximum atomic E-state index is 13.0. The smallest absolute Gasteiger partial charge is 0.270 e. The van der Waals surface area contributed by atoms with Gasteiger partial charge in [0.05, 0.1) is 24.4 Å². The van der Waals surface area contributed by atoms with Crippen molar-refractivity contribution in [2.75, 3.05) is 18.8 Å². The first kappa shape index (κ1) is 27.2. The number of benzene rings is 1. The molecule has 0 bridgehead atoms. The van der Waals surface area contributed by atoms with Gasteiger partial charge in [-0.3, -0.25) is 14.6 Å². The van der Waals surface area contributed by atoms with Crippen LogP contribution in [-0.2, 0) is 23.8 Å². The molecule has 1 aliphatic rings. The van der Waals surface area contributed by atoms with Gasteiger partial charge < -0.3 is 31.4 Å². The van der Waals surface area contributed by atoms with Crippen molar-refractivity contribution in [3.05, 3.63) is 58.1 Å². The number of nitrogens with two attached hydrogens (primary N) is 2. The molecule has 0 spiro atoms. The number of amidine groups is 1. The number of nitrogens with zero attached hydrogens (tertiary/aromatic N) is 4. The molecule has 1 aliphatic heterocycles. The summed E-state index contributed by atoms with van der Waals surface area (Å²) in [4.78, 5) is 35.3. The third kappa shape index (κ3) is 5.55. The Labute approximate surface area is 216 Å². The van der Waals surface area contributed by atoms with Crippen LogP contribution in [0.15, 0.2) is 29.8 Å². The Morgan fingerprint density at radius 1 is 1.36 bits per heavy atom. The van der Waals surface area contributed by atoms with Crippen LogP contribution in [0.4, 0.5) is 5.69 Å². The van der Waals surface area contributed by atoms with Crippen LogP contribution in [0.25, 0.3) is 0 Å². The zero-order valence-corrected chi connectivity index (χ0v) is 22.1. The number of β-amino-alcohol motifs (C(OH)–C–C–N with tert-alkyl or cyclic N) is 1. The van der Waals surface area contributed by atoms with E-state index in [1.54, 1.807) is 24.6 Å². The molecule has 1 fully saturated rings. The Bertz CT molecular complexity index is 1230. The van der Waals surface area contributed by atoms with E-state index in [2.05, 4.69) is 21.9 Å². The second kappa shape index (κ2) is 10.3. The van der Waals surface area contributed by atoms with E-state index in [0.717, 1.165) is 5.56 Å². The van der Waals surface area contributed by atoms with Gasteiger partial charge in [0, 0.05) is 36.4 Å². The molecular formula is C25H34ClN7O3. The number of carbonyl (C=O) groups is 2. The number of hydrogen-bond acceptors (Lipinski definition) is 6. The van der Waals surface area contributed by atoms with Crippen LogP contribution in [0.2, 0.25) is 5.02 Å². The number of imidazole rings is 1. The Hall–Kier alpha value is -3.37. The molecule has 2 amide bonds. The van der Waals surface area contributed by atoms with Gasteiger partial charge in [0.2, 0.25) is 5.91 Å². The van der Waals surface area contributed by atoms with Crippen LogP contribution in [0.3, 0.4) is 0 Å². The van der Waals surface area contributed by atoms with Gasteiger partial charge in [-0.15, -0.1) is 0 Å². The molecule has 0 unspecified atom stereocenters. The Kier molecular flexibility index (Phi) is 7.80. The first-order valence-corrected chi connectivity index (χ1v) is 11.9. The number of halogens is 1. The first-order valence-electron chi connectivity index (χ1n) is 11.6. The molecule has 0 radical (unpaired) electrons. The van der Waals surface area contributed by atoms with E-state index in [9.17, 15) is 14.7 Å². The number of aryl methyl sites for hydroxylation is 1. The van der Waals surface area contributed by atoms with E-state index < -0.39 is 18.1 Å². The van der Waals surface area contributed by atoms with Crippen molar-refractivity contribution in [2.45, 2.75) is 51.8 Å². The molecule has 1 saturated heterocycles. The number of nitrogen functional groups attached to an aromatic ring is 1. The minimum absolute atomic E-state index is 0.122. The number of carbonyl (C=O) groups excluding carboxylic acids is 2. The van der Waals surface area contributed by atoms with E-state index in [4.69, 9.17) is 23.1 Å². The Morgan fingerprint density at radius 2 is 2.03 bits per heavy atom. The van der Waals surface area contributed by atoms with E-state index in [1.807, 2.05) is 26.8 Å². The molecule has 6 N–H and O–H groups in total. The van der Waals surface area contributed by atoms with Gasteiger partial charge in [-0.05, 0) is 36.1 Å². The molecule has 11 heteroatoms. The fraction of sp³-hybridized carbons (Fsp3) is 0.440. The lowest BCUT2D eigenvalue weighted by Gasteiger charge is -2.22. The van der Waals surface area contributed by atoms with Crippen molar-refractivity contribution in [1.29, 1.82) is 0 Å². The number of aliphatic imine (C=N–C) groups is 1. The largest absolute Gasteiger partial charge is 0.398 e. The van der Waals surface area contributed by atoms with Crippen LogP contribution >= 0.6 is 11.6 Å². The van der Waals surface area contributed by atoms with Gasteiger partial charge in [0.1, 0.15) is 17.4 Å². The molecule has 3 rings (SSSR count). The quantitative estimate of drug-likeness (QED) is 0.199. The highest BCUT2D eigenvalue weighted by Gasteiger charge is 2.35. The highest BCUT2D eigenvalue weighted by Crippen LogP contribution is 2.33. The van der Waals surface area contributed by atoms with E-state index in [0.29, 0.717) is 33.5 Å². The summed E-state index contributed by atoms with van der Waals surface area (Å²) in [6, 6.07) is 2.93. The van der Waals surface area contributed by atoms with E-state index >= 15 is 0 Å². The van der Waals surface area contributed by atoms with Gasteiger partial charge in [-0.1, -0.05) is 39.0 Å². The number of amides is 2. The van der Waals surface area contributed by atoms with Crippen molar-refractivity contribution in [1.82, 2.24) is 19.8 Å². The normalized spacial score (nSPS) is 18.4. The predicted molar refractivity (Wildman–Crippen MR) is 141 cm³/mol. The summed E-state index contributed by atoms with van der Waals surface area (Å²) in [5.41, 5.74) is 15.0. The number of rotatable bonds is 6. The van der Waals surface area contributed by atoms with Crippen molar-refractivity contribution >= 4 is 34.9 Å². The van der Waals surface area contributed by atoms with Gasteiger partial charge in [-0.2, -0.15) is 0 Å². The van der Waals surface area contributed by atoms with Crippen molar-refractivity contribution < 1.29 is 14.7 Å². The molecule has 2 atom stereocenters. The van der Waals surface area contributed by atoms with Gasteiger partial charge in [0.15, 0.2) is 0 Å². The second-order valence-corrected chi connectivity index (χ2v) is 10.4. The van der Waals surface area contributed by atoms with Crippen molar-refractivity contribution in [2.24, 2.45) is 17.8 Å². The zero-order valence-electron chi connectivity index (χ0n) is 21.3. The lowest BCUT2D eigenvalue weighted by Crippen LogP contribution is -2.43. The van der Waals surface area contributed by atoms with Gasteiger partial charge in [0.25, 0.3) is 5.91 Å². The molecule has 1 aromatic heterocycles. The minimum Gasteiger partial charge on any atom is -0.398 e. The van der Waals surface area contributed by atoms with Crippen LogP contribution in [0.5, 0.6) is 0 Å². The van der Waals surface area contributed by atoms with Crippen LogP contribution < -0.4 is 16.8 Å². The molecule has 194 valence electrons. The first-order chi connectivity index (χ1) is 16.7. The molecule has 1 aromatic carbocycles. The van der Waals surface area contributed by atoms with Gasteiger partial charge in [-0.25, -0.2) is 4.98 Å². The molecule has 0 saturated carbocycles. The summed E-state index contributed by atoms with van der Waals surface area (Å²) in [5.74, 6) is 0.0672. The third-order valence-electron chi connectivity index (χ3n) is 6.28. The topological polar surface area (TPSA) is 152 Å². The fourth-order valence-corrected chi connectivity index (χ4v) is 4.71. The van der Waals surface area contributed by atoms with Crippen LogP contribution in [0.1, 0.15) is 53.9 Å². The number of likely N-dealkylation sites (tertiary alicyclic amines) is 1. The molecular weight excluding hydrogens is 482 g/mol. The van der Waals surface area contributed by atoms with E-state index in [-0.39, 0.29) is 36.8 Å². The van der Waals surface area contributed by atoms with Crippen LogP contribution in [-0.4, -0.2) is 62.4 Å². The SMILES string of the molecule is C=CC(=O)N1C[C@@H](O)[C@@H](NC(=O)c2c(C)nc(CN=C(N)c3cc(C(C)(C)C)c(Cl)cc3N)n2C)C1. The molecule has 2 aromatic rings. The number of anilines is 1. The molecule has 2 heterocycles. The average Bonchev–Trinajstić information content (AvgIpc) is 3.28. The molecule has 36 heavy (non-hydrogen) atoms. The third-order valence-corrected chi connectivity index (χ3v) is 6.60. The monoisotopic (exact) mass is 515 g/mol. The lowest BCUT2D eigenvalue weighted by molar-refractivity contribution is -0.125. The summed E-state index contributed by atoms with van der Waals surface area (Å²) in [5, 5.41) is 13.7. The average molecular weight is 516 g/mol. The van der Waals surface area contributed by atoms with Crippen molar-refractivity contribution in [3.63, 3.8) is 0 Å². The summed E-state index contributed by atoms with van der Waals surface area (Å²) in [6.07, 6.45) is 0.306. The highest BCUT2D eigenvalue weighted by atomic mass is 35.5. The Morgan fingerprint density at radius 3 is 2.64 bits per heavy atom. The predicted octanol–water partition coefficient (Wildman–Crippen LogP) is 1.65. The number of nitrogens with one attached hydrogen (secondary N) is 1. The number of hydrogen-bond donors (Lipinski definition) is 4. The lowest BCUT2D eigenvalue weighted by atomic mass is 9.85. The minimum atomic E-state index is -0.877. The number of aromatic nitrogens is 2.